The monoisotopic (exact) mass is 370 g/mol. The quantitative estimate of drug-likeness (QED) is 0.362. The molecule has 0 aliphatic heterocycles. The number of hydrogen-bond acceptors (Lipinski definition) is 5. The van der Waals surface area contributed by atoms with E-state index in [-0.39, 0.29) is 29.1 Å². The Morgan fingerprint density at radius 1 is 1.26 bits per heavy atom. The second kappa shape index (κ2) is 8.32. The van der Waals surface area contributed by atoms with E-state index in [1.165, 1.54) is 25.3 Å². The van der Waals surface area contributed by atoms with E-state index in [1.54, 1.807) is 20.8 Å². The number of aromatic nitrogens is 1. The number of ether oxygens (including phenoxy) is 2. The molecule has 1 aromatic carbocycles. The Kier molecular flexibility index (Phi) is 6.14. The molecule has 27 heavy (non-hydrogen) atoms. The van der Waals surface area contributed by atoms with E-state index >= 15 is 0 Å². The third-order valence-electron chi connectivity index (χ3n) is 3.93. The summed E-state index contributed by atoms with van der Waals surface area (Å²) in [5.41, 5.74) is 1.19. The van der Waals surface area contributed by atoms with Crippen molar-refractivity contribution in [3.63, 3.8) is 0 Å². The van der Waals surface area contributed by atoms with Crippen LogP contribution in [0.15, 0.2) is 23.8 Å². The zero-order chi connectivity index (χ0) is 20.1. The van der Waals surface area contributed by atoms with Crippen LogP contribution in [0.5, 0.6) is 5.75 Å². The minimum absolute atomic E-state index is 0.0543. The summed E-state index contributed by atoms with van der Waals surface area (Å²) < 4.78 is 23.7. The summed E-state index contributed by atoms with van der Waals surface area (Å²) in [7, 11) is 1.34. The molecule has 0 unspecified atom stereocenters. The molecule has 0 radical (unpaired) electrons. The van der Waals surface area contributed by atoms with Crippen molar-refractivity contribution in [1.82, 2.24) is 4.98 Å². The molecule has 0 fully saturated rings. The predicted octanol–water partition coefficient (Wildman–Crippen LogP) is 3.75. The highest BCUT2D eigenvalue weighted by Gasteiger charge is 2.27. The second-order valence-electron chi connectivity index (χ2n) is 5.74. The normalized spacial score (nSPS) is 11.0. The van der Waals surface area contributed by atoms with Crippen LogP contribution in [0.1, 0.15) is 44.6 Å². The van der Waals surface area contributed by atoms with E-state index in [0.29, 0.717) is 17.0 Å². The highest BCUT2D eigenvalue weighted by molar-refractivity contribution is 6.19. The van der Waals surface area contributed by atoms with Crippen molar-refractivity contribution in [1.29, 1.82) is 5.26 Å². The average molecular weight is 370 g/mol. The van der Waals surface area contributed by atoms with E-state index < -0.39 is 17.6 Å². The van der Waals surface area contributed by atoms with Gasteiger partial charge in [0.05, 0.1) is 24.8 Å². The fourth-order valence-corrected chi connectivity index (χ4v) is 2.75. The summed E-state index contributed by atoms with van der Waals surface area (Å²) in [6.45, 7) is 5.09. The van der Waals surface area contributed by atoms with Gasteiger partial charge in [-0.25, -0.2) is 9.18 Å². The number of methoxy groups -OCH3 is 1. The lowest BCUT2D eigenvalue weighted by molar-refractivity contribution is 0.0523. The van der Waals surface area contributed by atoms with Gasteiger partial charge in [-0.05, 0) is 44.5 Å². The van der Waals surface area contributed by atoms with E-state index in [2.05, 4.69) is 4.98 Å². The molecule has 1 N–H and O–H groups in total. The van der Waals surface area contributed by atoms with Gasteiger partial charge in [-0.15, -0.1) is 0 Å². The van der Waals surface area contributed by atoms with Gasteiger partial charge in [-0.2, -0.15) is 5.26 Å². The minimum atomic E-state index is -0.643. The van der Waals surface area contributed by atoms with Crippen LogP contribution in [-0.4, -0.2) is 30.5 Å². The molecule has 1 heterocycles. The Bertz CT molecular complexity index is 967. The van der Waals surface area contributed by atoms with Crippen LogP contribution >= 0.6 is 0 Å². The van der Waals surface area contributed by atoms with Crippen LogP contribution < -0.4 is 4.74 Å². The Hall–Kier alpha value is -3.40. The molecule has 0 atom stereocenters. The first kappa shape index (κ1) is 19.9. The van der Waals surface area contributed by atoms with Gasteiger partial charge in [0.2, 0.25) is 5.78 Å². The molecule has 0 saturated carbocycles. The van der Waals surface area contributed by atoms with E-state index in [0.717, 1.165) is 6.07 Å². The summed E-state index contributed by atoms with van der Waals surface area (Å²) >= 11 is 0. The number of carbonyl (C=O) groups excluding carboxylic acids is 2. The third kappa shape index (κ3) is 4.06. The fraction of sp³-hybridized carbons (Fsp3) is 0.250. The summed E-state index contributed by atoms with van der Waals surface area (Å²) in [6.07, 6.45) is 1.27. The van der Waals surface area contributed by atoms with Crippen LogP contribution in [0.4, 0.5) is 4.39 Å². The Morgan fingerprint density at radius 2 is 1.93 bits per heavy atom. The topological polar surface area (TPSA) is 92.2 Å². The number of allylic oxidation sites excluding steroid dienone is 1. The number of nitrogens with zero attached hydrogens (tertiary/aromatic N) is 1. The predicted molar refractivity (Wildman–Crippen MR) is 97.1 cm³/mol. The van der Waals surface area contributed by atoms with Crippen LogP contribution in [0.2, 0.25) is 0 Å². The smallest absolute Gasteiger partial charge is 0.340 e. The largest absolute Gasteiger partial charge is 0.494 e. The maximum Gasteiger partial charge on any atom is 0.340 e. The second-order valence-corrected chi connectivity index (χ2v) is 5.74. The number of carbonyl (C=O) groups is 2. The highest BCUT2D eigenvalue weighted by Crippen LogP contribution is 2.25. The number of ketones is 1. The van der Waals surface area contributed by atoms with Crippen LogP contribution in [0.25, 0.3) is 6.08 Å². The lowest BCUT2D eigenvalue weighted by atomic mass is 9.98. The molecule has 140 valence electrons. The van der Waals surface area contributed by atoms with Crippen molar-refractivity contribution in [2.75, 3.05) is 13.7 Å². The van der Waals surface area contributed by atoms with Crippen LogP contribution in [-0.2, 0) is 4.74 Å². The number of nitriles is 1. The van der Waals surface area contributed by atoms with Gasteiger partial charge in [-0.1, -0.05) is 6.07 Å². The number of halogens is 1. The fourth-order valence-electron chi connectivity index (χ4n) is 2.75. The number of esters is 1. The van der Waals surface area contributed by atoms with Crippen molar-refractivity contribution in [3.8, 4) is 11.8 Å². The van der Waals surface area contributed by atoms with E-state index in [9.17, 15) is 19.2 Å². The first-order valence-electron chi connectivity index (χ1n) is 8.20. The highest BCUT2D eigenvalue weighted by atomic mass is 19.1. The summed E-state index contributed by atoms with van der Waals surface area (Å²) in [5, 5.41) is 9.44. The molecular weight excluding hydrogens is 351 g/mol. The molecule has 7 heteroatoms. The number of hydrogen-bond donors (Lipinski definition) is 1. The van der Waals surface area contributed by atoms with Gasteiger partial charge in [0, 0.05) is 11.4 Å². The van der Waals surface area contributed by atoms with Crippen molar-refractivity contribution < 1.29 is 23.5 Å². The Morgan fingerprint density at radius 3 is 2.48 bits per heavy atom. The van der Waals surface area contributed by atoms with Gasteiger partial charge in [0.15, 0.2) is 11.6 Å². The van der Waals surface area contributed by atoms with Gasteiger partial charge in [-0.3, -0.25) is 4.79 Å². The number of benzene rings is 1. The number of rotatable bonds is 6. The molecule has 1 aromatic heterocycles. The van der Waals surface area contributed by atoms with Crippen molar-refractivity contribution in [3.05, 3.63) is 57.7 Å². The van der Waals surface area contributed by atoms with Gasteiger partial charge >= 0.3 is 5.97 Å². The number of Topliss-reactive ketones (excluding diaryl/α,β-unsaturated/α-hetero) is 1. The van der Waals surface area contributed by atoms with Crippen molar-refractivity contribution in [2.24, 2.45) is 0 Å². The molecule has 2 rings (SSSR count). The summed E-state index contributed by atoms with van der Waals surface area (Å²) in [6, 6.07) is 5.90. The molecule has 0 aliphatic carbocycles. The lowest BCUT2D eigenvalue weighted by Crippen LogP contribution is -2.13. The van der Waals surface area contributed by atoms with E-state index in [4.69, 9.17) is 9.47 Å². The van der Waals surface area contributed by atoms with Gasteiger partial charge in [0.1, 0.15) is 11.6 Å². The molecule has 0 saturated heterocycles. The van der Waals surface area contributed by atoms with Crippen LogP contribution in [0, 0.1) is 31.0 Å². The molecule has 0 spiro atoms. The third-order valence-corrected chi connectivity index (χ3v) is 3.93. The van der Waals surface area contributed by atoms with E-state index in [1.807, 2.05) is 6.07 Å². The SMILES string of the molecule is CCOC(=O)c1c(C)[nH]c(C)c1C(=O)/C(C#N)=C/c1ccc(OC)c(F)c1. The average Bonchev–Trinajstić information content (AvgIpc) is 2.93. The number of H-pyrrole nitrogens is 1. The first-order chi connectivity index (χ1) is 12.8. The summed E-state index contributed by atoms with van der Waals surface area (Å²) in [4.78, 5) is 28.1. The number of aryl methyl sites for hydroxylation is 2. The molecule has 6 nitrogen and oxygen atoms in total. The molecule has 0 bridgehead atoms. The van der Waals surface area contributed by atoms with Crippen molar-refractivity contribution in [2.45, 2.75) is 20.8 Å². The van der Waals surface area contributed by atoms with Crippen molar-refractivity contribution >= 4 is 17.8 Å². The van der Waals surface area contributed by atoms with Gasteiger partial charge in [0.25, 0.3) is 0 Å². The first-order valence-corrected chi connectivity index (χ1v) is 8.20. The van der Waals surface area contributed by atoms with Crippen LogP contribution in [0.3, 0.4) is 0 Å². The zero-order valence-electron chi connectivity index (χ0n) is 15.5. The molecule has 0 amide bonds. The Balaban J connectivity index is 2.51. The zero-order valence-corrected chi connectivity index (χ0v) is 15.5. The molecule has 2 aromatic rings. The standard InChI is InChI=1S/C20H19FN2O4/c1-5-27-20(25)18-12(3)23-11(2)17(18)19(24)14(10-22)8-13-6-7-16(26-4)15(21)9-13/h6-9,23H,5H2,1-4H3/b14-8+. The maximum absolute atomic E-state index is 13.9. The molecule has 0 aliphatic rings. The summed E-state index contributed by atoms with van der Waals surface area (Å²) in [5.74, 6) is -1.84. The number of nitrogens with one attached hydrogen (secondary N) is 1. The maximum atomic E-state index is 13.9. The van der Waals surface area contributed by atoms with Gasteiger partial charge < -0.3 is 14.5 Å². The minimum Gasteiger partial charge on any atom is -0.494 e. The Labute approximate surface area is 156 Å². The number of aromatic amines is 1. The molecular formula is C20H19FN2O4. The lowest BCUT2D eigenvalue weighted by Gasteiger charge is -2.06.